The van der Waals surface area contributed by atoms with Crippen molar-refractivity contribution in [1.29, 1.82) is 0 Å². The first-order valence-corrected chi connectivity index (χ1v) is 4.97. The molecular weight excluding hydrogens is 206 g/mol. The van der Waals surface area contributed by atoms with E-state index in [-0.39, 0.29) is 16.8 Å². The molecule has 1 amide bonds. The normalized spacial score (nSPS) is 15.6. The molecule has 1 N–H and O–H groups in total. The highest BCUT2D eigenvalue weighted by Gasteiger charge is 2.13. The van der Waals surface area contributed by atoms with Gasteiger partial charge in [-0.15, -0.1) is 0 Å². The van der Waals surface area contributed by atoms with Crippen LogP contribution in [-0.4, -0.2) is 16.8 Å². The van der Waals surface area contributed by atoms with Gasteiger partial charge in [-0.1, -0.05) is 29.8 Å². The minimum atomic E-state index is -0.0310. The Bertz CT molecular complexity index is 127. The molecule has 0 aliphatic rings. The summed E-state index contributed by atoms with van der Waals surface area (Å²) in [6.45, 7) is 6.04. The summed E-state index contributed by atoms with van der Waals surface area (Å²) in [7, 11) is 0. The lowest BCUT2D eigenvalue weighted by Gasteiger charge is -2.13. The van der Waals surface area contributed by atoms with Gasteiger partial charge < -0.3 is 5.32 Å². The summed E-state index contributed by atoms with van der Waals surface area (Å²) in [5.74, 6) is 0.0989. The van der Waals surface area contributed by atoms with Gasteiger partial charge in [0.2, 0.25) is 5.91 Å². The number of nitrogens with one attached hydrogen (secondary N) is 1. The summed E-state index contributed by atoms with van der Waals surface area (Å²) in [6.07, 6.45) is 1.82. The van der Waals surface area contributed by atoms with Crippen molar-refractivity contribution < 1.29 is 4.79 Å². The molecule has 0 aromatic carbocycles. The fraction of sp³-hybridized carbons (Fsp3) is 0.875. The molecule has 0 aliphatic heterocycles. The lowest BCUT2D eigenvalue weighted by atomic mass is 10.2. The maximum absolute atomic E-state index is 11.2. The van der Waals surface area contributed by atoms with Crippen LogP contribution in [0.3, 0.4) is 0 Å². The first-order valence-electron chi connectivity index (χ1n) is 4.06. The van der Waals surface area contributed by atoms with Gasteiger partial charge in [-0.05, 0) is 19.8 Å². The first-order chi connectivity index (χ1) is 5.11. The van der Waals surface area contributed by atoms with E-state index in [1.54, 1.807) is 0 Å². The van der Waals surface area contributed by atoms with Crippen molar-refractivity contribution in [2.75, 3.05) is 0 Å². The fourth-order valence-electron chi connectivity index (χ4n) is 0.621. The van der Waals surface area contributed by atoms with E-state index < -0.39 is 0 Å². The predicted octanol–water partition coefficient (Wildman–Crippen LogP) is 2.07. The zero-order chi connectivity index (χ0) is 8.85. The third kappa shape index (κ3) is 4.40. The third-order valence-corrected chi connectivity index (χ3v) is 2.71. The smallest absolute Gasteiger partial charge is 0.233 e. The van der Waals surface area contributed by atoms with E-state index in [9.17, 15) is 4.79 Å². The van der Waals surface area contributed by atoms with E-state index in [1.807, 2.05) is 13.8 Å². The second-order valence-electron chi connectivity index (χ2n) is 2.69. The molecule has 0 aromatic rings. The van der Waals surface area contributed by atoms with Crippen molar-refractivity contribution in [1.82, 2.24) is 5.32 Å². The van der Waals surface area contributed by atoms with Crippen molar-refractivity contribution >= 4 is 21.8 Å². The molecular formula is C8H16BrNO. The van der Waals surface area contributed by atoms with E-state index in [4.69, 9.17) is 0 Å². The van der Waals surface area contributed by atoms with Gasteiger partial charge in [0, 0.05) is 6.04 Å². The van der Waals surface area contributed by atoms with Crippen LogP contribution in [0.4, 0.5) is 0 Å². The summed E-state index contributed by atoms with van der Waals surface area (Å²) in [5.41, 5.74) is 0. The van der Waals surface area contributed by atoms with Gasteiger partial charge in [0.1, 0.15) is 0 Å². The zero-order valence-electron chi connectivity index (χ0n) is 7.36. The van der Waals surface area contributed by atoms with Gasteiger partial charge in [-0.25, -0.2) is 0 Å². The van der Waals surface area contributed by atoms with Gasteiger partial charge >= 0.3 is 0 Å². The van der Waals surface area contributed by atoms with Crippen LogP contribution in [0.1, 0.15) is 33.6 Å². The SMILES string of the molecule is CCC(C)NC(=O)C(Br)CC. The highest BCUT2D eigenvalue weighted by atomic mass is 79.9. The number of carbonyl (C=O) groups excluding carboxylic acids is 1. The minimum absolute atomic E-state index is 0.0310. The van der Waals surface area contributed by atoms with Gasteiger partial charge in [0.25, 0.3) is 0 Å². The predicted molar refractivity (Wildman–Crippen MR) is 50.9 cm³/mol. The zero-order valence-corrected chi connectivity index (χ0v) is 8.94. The number of amides is 1. The molecule has 2 unspecified atom stereocenters. The van der Waals surface area contributed by atoms with Crippen LogP contribution in [0.15, 0.2) is 0 Å². The number of hydrogen-bond donors (Lipinski definition) is 1. The highest BCUT2D eigenvalue weighted by Crippen LogP contribution is 2.04. The quantitative estimate of drug-likeness (QED) is 0.725. The van der Waals surface area contributed by atoms with Crippen molar-refractivity contribution in [3.05, 3.63) is 0 Å². The molecule has 0 spiro atoms. The number of halogens is 1. The van der Waals surface area contributed by atoms with Gasteiger partial charge in [0.15, 0.2) is 0 Å². The molecule has 2 atom stereocenters. The van der Waals surface area contributed by atoms with E-state index >= 15 is 0 Å². The van der Waals surface area contributed by atoms with Gasteiger partial charge in [0.05, 0.1) is 4.83 Å². The molecule has 0 radical (unpaired) electrons. The summed E-state index contributed by atoms with van der Waals surface area (Å²) in [4.78, 5) is 11.2. The van der Waals surface area contributed by atoms with E-state index in [0.717, 1.165) is 12.8 Å². The molecule has 0 aliphatic carbocycles. The Hall–Kier alpha value is -0.0500. The molecule has 3 heteroatoms. The average Bonchev–Trinajstić information content (AvgIpc) is 2.02. The molecule has 0 heterocycles. The molecule has 0 bridgehead atoms. The molecule has 0 aromatic heterocycles. The topological polar surface area (TPSA) is 29.1 Å². The lowest BCUT2D eigenvalue weighted by Crippen LogP contribution is -2.36. The third-order valence-electron chi connectivity index (χ3n) is 1.64. The minimum Gasteiger partial charge on any atom is -0.353 e. The van der Waals surface area contributed by atoms with Crippen LogP contribution in [0.2, 0.25) is 0 Å². The standard InChI is InChI=1S/C8H16BrNO/c1-4-6(3)10-8(11)7(9)5-2/h6-7H,4-5H2,1-3H3,(H,10,11). The van der Waals surface area contributed by atoms with Crippen molar-refractivity contribution in [3.63, 3.8) is 0 Å². The Morgan fingerprint density at radius 2 is 2.00 bits per heavy atom. The molecule has 2 nitrogen and oxygen atoms in total. The van der Waals surface area contributed by atoms with Crippen LogP contribution in [-0.2, 0) is 4.79 Å². The van der Waals surface area contributed by atoms with Crippen LogP contribution < -0.4 is 5.32 Å². The van der Waals surface area contributed by atoms with Crippen LogP contribution in [0.25, 0.3) is 0 Å². The molecule has 11 heavy (non-hydrogen) atoms. The fourth-order valence-corrected chi connectivity index (χ4v) is 0.753. The number of hydrogen-bond acceptors (Lipinski definition) is 1. The Labute approximate surface area is 76.9 Å². The van der Waals surface area contributed by atoms with E-state index in [1.165, 1.54) is 0 Å². The number of alkyl halides is 1. The second kappa shape index (κ2) is 5.58. The molecule has 0 fully saturated rings. The molecule has 66 valence electrons. The maximum atomic E-state index is 11.2. The van der Waals surface area contributed by atoms with E-state index in [2.05, 4.69) is 28.2 Å². The highest BCUT2D eigenvalue weighted by molar-refractivity contribution is 9.10. The van der Waals surface area contributed by atoms with Crippen LogP contribution in [0.5, 0.6) is 0 Å². The van der Waals surface area contributed by atoms with Crippen LogP contribution in [0, 0.1) is 0 Å². The Balaban J connectivity index is 3.68. The van der Waals surface area contributed by atoms with Gasteiger partial charge in [-0.3, -0.25) is 4.79 Å². The summed E-state index contributed by atoms with van der Waals surface area (Å²) in [6, 6.07) is 0.286. The largest absolute Gasteiger partial charge is 0.353 e. The molecule has 0 saturated carbocycles. The summed E-state index contributed by atoms with van der Waals surface area (Å²) < 4.78 is 0. The Morgan fingerprint density at radius 3 is 2.36 bits per heavy atom. The first kappa shape index (κ1) is 11.0. The number of carbonyl (C=O) groups is 1. The van der Waals surface area contributed by atoms with Crippen molar-refractivity contribution in [2.45, 2.75) is 44.5 Å². The van der Waals surface area contributed by atoms with E-state index in [0.29, 0.717) is 0 Å². The number of rotatable bonds is 4. The summed E-state index contributed by atoms with van der Waals surface area (Å²) in [5, 5.41) is 2.89. The lowest BCUT2D eigenvalue weighted by molar-refractivity contribution is -0.121. The monoisotopic (exact) mass is 221 g/mol. The summed E-state index contributed by atoms with van der Waals surface area (Å²) >= 11 is 3.29. The Kier molecular flexibility index (Phi) is 5.56. The molecule has 0 rings (SSSR count). The van der Waals surface area contributed by atoms with Crippen LogP contribution >= 0.6 is 15.9 Å². The maximum Gasteiger partial charge on any atom is 0.233 e. The van der Waals surface area contributed by atoms with Crippen molar-refractivity contribution in [2.24, 2.45) is 0 Å². The Morgan fingerprint density at radius 1 is 1.45 bits per heavy atom. The average molecular weight is 222 g/mol. The second-order valence-corrected chi connectivity index (χ2v) is 3.80. The van der Waals surface area contributed by atoms with Crippen molar-refractivity contribution in [3.8, 4) is 0 Å². The van der Waals surface area contributed by atoms with Gasteiger partial charge in [-0.2, -0.15) is 0 Å². The molecule has 0 saturated heterocycles.